The van der Waals surface area contributed by atoms with Crippen LogP contribution < -0.4 is 4.90 Å². The third-order valence-corrected chi connectivity index (χ3v) is 6.44. The van der Waals surface area contributed by atoms with E-state index in [1.807, 2.05) is 30.3 Å². The summed E-state index contributed by atoms with van der Waals surface area (Å²) in [7, 11) is 0. The van der Waals surface area contributed by atoms with Crippen LogP contribution in [0.15, 0.2) is 84.9 Å². The van der Waals surface area contributed by atoms with Crippen molar-refractivity contribution in [3.63, 3.8) is 0 Å². The van der Waals surface area contributed by atoms with Crippen LogP contribution in [-0.2, 0) is 13.1 Å². The van der Waals surface area contributed by atoms with E-state index in [9.17, 15) is 4.79 Å². The van der Waals surface area contributed by atoms with Crippen molar-refractivity contribution in [3.05, 3.63) is 102 Å². The molecule has 0 aliphatic carbocycles. The van der Waals surface area contributed by atoms with Gasteiger partial charge >= 0.3 is 0 Å². The second-order valence-electron chi connectivity index (χ2n) is 8.66. The third-order valence-electron chi connectivity index (χ3n) is 6.44. The number of Topliss-reactive ketones (excluding diaryl/α,β-unsaturated/α-hetero) is 1. The van der Waals surface area contributed by atoms with E-state index >= 15 is 0 Å². The number of benzene rings is 3. The Morgan fingerprint density at radius 2 is 1.45 bits per heavy atom. The molecule has 1 unspecified atom stereocenters. The minimum absolute atomic E-state index is 0.198. The van der Waals surface area contributed by atoms with Crippen LogP contribution in [0.2, 0.25) is 0 Å². The Kier molecular flexibility index (Phi) is 5.83. The summed E-state index contributed by atoms with van der Waals surface area (Å²) >= 11 is 0. The highest BCUT2D eigenvalue weighted by Crippen LogP contribution is 2.30. The van der Waals surface area contributed by atoms with E-state index < -0.39 is 0 Å². The fraction of sp³-hybridized carbons (Fsp3) is 0.296. The standard InChI is InChI=1S/C27H29N3O/c31-27(23-11-5-2-6-12-23)21-29-18-24-13-7-8-14-26(24)30-16-15-28(19-25(30)20-29)17-22-9-3-1-4-10-22/h1-14,25H,15-21H2. The van der Waals surface area contributed by atoms with E-state index in [1.165, 1.54) is 16.8 Å². The molecule has 0 saturated carbocycles. The van der Waals surface area contributed by atoms with Crippen molar-refractivity contribution in [1.29, 1.82) is 0 Å². The maximum absolute atomic E-state index is 12.9. The smallest absolute Gasteiger partial charge is 0.176 e. The molecule has 0 N–H and O–H groups in total. The maximum Gasteiger partial charge on any atom is 0.176 e. The van der Waals surface area contributed by atoms with Crippen LogP contribution in [0.1, 0.15) is 21.5 Å². The Morgan fingerprint density at radius 3 is 2.26 bits per heavy atom. The summed E-state index contributed by atoms with van der Waals surface area (Å²) in [5.41, 5.74) is 4.82. The molecule has 0 radical (unpaired) electrons. The van der Waals surface area contributed by atoms with Gasteiger partial charge in [0.05, 0.1) is 12.6 Å². The van der Waals surface area contributed by atoms with Gasteiger partial charge < -0.3 is 4.90 Å². The van der Waals surface area contributed by atoms with E-state index in [-0.39, 0.29) is 5.78 Å². The summed E-state index contributed by atoms with van der Waals surface area (Å²) in [6.45, 7) is 6.26. The van der Waals surface area contributed by atoms with Gasteiger partial charge in [0.2, 0.25) is 0 Å². The SMILES string of the molecule is O=C(CN1Cc2ccccc2N2CCN(Cc3ccccc3)CC2C1)c1ccccc1. The molecule has 3 aromatic rings. The van der Waals surface area contributed by atoms with Gasteiger partial charge in [-0.1, -0.05) is 78.9 Å². The van der Waals surface area contributed by atoms with Crippen molar-refractivity contribution >= 4 is 11.5 Å². The van der Waals surface area contributed by atoms with Crippen LogP contribution in [0.4, 0.5) is 5.69 Å². The molecule has 2 aliphatic heterocycles. The summed E-state index contributed by atoms with van der Waals surface area (Å²) in [5, 5.41) is 0. The molecule has 0 amide bonds. The number of piperazine rings is 1. The molecule has 1 saturated heterocycles. The lowest BCUT2D eigenvalue weighted by molar-refractivity contribution is 0.0912. The van der Waals surface area contributed by atoms with Gasteiger partial charge in [-0.05, 0) is 17.2 Å². The Hall–Kier alpha value is -2.95. The van der Waals surface area contributed by atoms with Gasteiger partial charge in [0.1, 0.15) is 0 Å². The molecule has 1 atom stereocenters. The average Bonchev–Trinajstić information content (AvgIpc) is 2.96. The number of rotatable bonds is 5. The van der Waals surface area contributed by atoms with Crippen LogP contribution in [0.25, 0.3) is 0 Å². The number of hydrogen-bond donors (Lipinski definition) is 0. The molecule has 2 aliphatic rings. The van der Waals surface area contributed by atoms with E-state index in [1.54, 1.807) is 0 Å². The molecule has 158 valence electrons. The zero-order valence-corrected chi connectivity index (χ0v) is 17.9. The summed E-state index contributed by atoms with van der Waals surface area (Å²) in [6, 6.07) is 29.5. The number of ketones is 1. The maximum atomic E-state index is 12.9. The van der Waals surface area contributed by atoms with Crippen LogP contribution in [-0.4, -0.2) is 54.3 Å². The minimum Gasteiger partial charge on any atom is -0.364 e. The molecule has 4 heteroatoms. The lowest BCUT2D eigenvalue weighted by atomic mass is 10.1. The van der Waals surface area contributed by atoms with E-state index in [4.69, 9.17) is 0 Å². The first kappa shape index (κ1) is 20.0. The van der Waals surface area contributed by atoms with E-state index in [0.29, 0.717) is 12.6 Å². The van der Waals surface area contributed by atoms with Gasteiger partial charge in [0.25, 0.3) is 0 Å². The van der Waals surface area contributed by atoms with Gasteiger partial charge in [-0.3, -0.25) is 14.6 Å². The van der Waals surface area contributed by atoms with Crippen molar-refractivity contribution in [2.24, 2.45) is 0 Å². The molecule has 0 spiro atoms. The van der Waals surface area contributed by atoms with Gasteiger partial charge in [-0.2, -0.15) is 0 Å². The zero-order chi connectivity index (χ0) is 21.0. The number of fused-ring (bicyclic) bond motifs is 3. The second-order valence-corrected chi connectivity index (χ2v) is 8.66. The third kappa shape index (κ3) is 4.55. The molecule has 3 aromatic carbocycles. The second kappa shape index (κ2) is 9.04. The van der Waals surface area contributed by atoms with Crippen molar-refractivity contribution in [2.75, 3.05) is 37.6 Å². The highest BCUT2D eigenvalue weighted by molar-refractivity contribution is 5.97. The van der Waals surface area contributed by atoms with Crippen molar-refractivity contribution in [2.45, 2.75) is 19.1 Å². The summed E-state index contributed by atoms with van der Waals surface area (Å²) in [6.07, 6.45) is 0. The van der Waals surface area contributed by atoms with Crippen LogP contribution in [0, 0.1) is 0 Å². The average molecular weight is 412 g/mol. The molecular weight excluding hydrogens is 382 g/mol. The van der Waals surface area contributed by atoms with Crippen molar-refractivity contribution in [1.82, 2.24) is 9.80 Å². The molecule has 31 heavy (non-hydrogen) atoms. The lowest BCUT2D eigenvalue weighted by Crippen LogP contribution is -2.56. The summed E-state index contributed by atoms with van der Waals surface area (Å²) < 4.78 is 0. The van der Waals surface area contributed by atoms with Crippen LogP contribution in [0.3, 0.4) is 0 Å². The van der Waals surface area contributed by atoms with Gasteiger partial charge in [-0.15, -0.1) is 0 Å². The Bertz CT molecular complexity index is 1020. The van der Waals surface area contributed by atoms with E-state index in [0.717, 1.165) is 44.8 Å². The van der Waals surface area contributed by atoms with Crippen molar-refractivity contribution < 1.29 is 4.79 Å². The molecule has 1 fully saturated rings. The van der Waals surface area contributed by atoms with Crippen LogP contribution >= 0.6 is 0 Å². The van der Waals surface area contributed by atoms with Gasteiger partial charge in [0, 0.05) is 50.5 Å². The monoisotopic (exact) mass is 411 g/mol. The number of carbonyl (C=O) groups excluding carboxylic acids is 1. The quantitative estimate of drug-likeness (QED) is 0.591. The van der Waals surface area contributed by atoms with Crippen LogP contribution in [0.5, 0.6) is 0 Å². The van der Waals surface area contributed by atoms with Gasteiger partial charge in [-0.25, -0.2) is 0 Å². The first-order chi connectivity index (χ1) is 15.3. The fourth-order valence-corrected chi connectivity index (χ4v) is 4.95. The van der Waals surface area contributed by atoms with Crippen molar-refractivity contribution in [3.8, 4) is 0 Å². The largest absolute Gasteiger partial charge is 0.364 e. The number of hydrogen-bond acceptors (Lipinski definition) is 4. The fourth-order valence-electron chi connectivity index (χ4n) is 4.95. The molecule has 0 bridgehead atoms. The molecule has 5 rings (SSSR count). The normalized spacial score (nSPS) is 19.4. The minimum atomic E-state index is 0.198. The summed E-state index contributed by atoms with van der Waals surface area (Å²) in [5.74, 6) is 0.198. The predicted molar refractivity (Wildman–Crippen MR) is 125 cm³/mol. The lowest BCUT2D eigenvalue weighted by Gasteiger charge is -2.43. The highest BCUT2D eigenvalue weighted by atomic mass is 16.1. The predicted octanol–water partition coefficient (Wildman–Crippen LogP) is 4.08. The number of nitrogens with zero attached hydrogens (tertiary/aromatic N) is 3. The van der Waals surface area contributed by atoms with Gasteiger partial charge in [0.15, 0.2) is 5.78 Å². The Morgan fingerprint density at radius 1 is 0.774 bits per heavy atom. The first-order valence-electron chi connectivity index (χ1n) is 11.2. The highest BCUT2D eigenvalue weighted by Gasteiger charge is 2.33. The number of para-hydroxylation sites is 1. The number of carbonyl (C=O) groups is 1. The number of anilines is 1. The Labute approximate surface area is 184 Å². The summed E-state index contributed by atoms with van der Waals surface area (Å²) in [4.78, 5) is 20.4. The molecule has 4 nitrogen and oxygen atoms in total. The first-order valence-corrected chi connectivity index (χ1v) is 11.2. The molecule has 0 aromatic heterocycles. The zero-order valence-electron chi connectivity index (χ0n) is 17.9. The molecular formula is C27H29N3O. The molecule has 2 heterocycles. The Balaban J connectivity index is 1.36. The van der Waals surface area contributed by atoms with E-state index in [2.05, 4.69) is 69.3 Å². The topological polar surface area (TPSA) is 26.8 Å².